The maximum Gasteiger partial charge on any atom is 0.350 e. The van der Waals surface area contributed by atoms with E-state index in [1.807, 2.05) is 0 Å². The normalized spacial score (nSPS) is 17.2. The first-order valence-corrected chi connectivity index (χ1v) is 10.8. The van der Waals surface area contributed by atoms with Crippen molar-refractivity contribution >= 4 is 39.9 Å². The first-order chi connectivity index (χ1) is 16.3. The number of hydrogen-bond acceptors (Lipinski definition) is 8. The lowest BCUT2D eigenvalue weighted by molar-refractivity contribution is -0.132. The van der Waals surface area contributed by atoms with E-state index in [4.69, 9.17) is 9.47 Å². The number of Topliss-reactive ketones (excluding diaryl/α,β-unsaturated/α-hetero) is 1. The van der Waals surface area contributed by atoms with E-state index in [2.05, 4.69) is 4.98 Å². The molecule has 2 heterocycles. The zero-order valence-corrected chi connectivity index (χ0v) is 19.2. The van der Waals surface area contributed by atoms with E-state index in [0.717, 1.165) is 28.4 Å². The van der Waals surface area contributed by atoms with Gasteiger partial charge in [-0.25, -0.2) is 14.2 Å². The predicted octanol–water partition coefficient (Wildman–Crippen LogP) is 4.01. The summed E-state index contributed by atoms with van der Waals surface area (Å²) in [6.45, 7) is 1.59. The zero-order valence-electron chi connectivity index (χ0n) is 18.4. The van der Waals surface area contributed by atoms with E-state index in [1.165, 1.54) is 26.4 Å². The summed E-state index contributed by atoms with van der Waals surface area (Å²) in [5, 5.41) is 11.1. The molecular formula is C24H19FN2O6S. The topological polar surface area (TPSA) is 106 Å². The summed E-state index contributed by atoms with van der Waals surface area (Å²) in [6.07, 6.45) is 0. The van der Waals surface area contributed by atoms with E-state index >= 15 is 0 Å². The van der Waals surface area contributed by atoms with Crippen molar-refractivity contribution in [3.8, 4) is 5.75 Å². The highest BCUT2D eigenvalue weighted by molar-refractivity contribution is 7.17. The van der Waals surface area contributed by atoms with Crippen LogP contribution in [-0.2, 0) is 14.3 Å². The molecule has 1 atom stereocenters. The molecule has 0 spiro atoms. The quantitative estimate of drug-likeness (QED) is 0.253. The molecule has 1 aromatic heterocycles. The molecular weight excluding hydrogens is 463 g/mol. The molecule has 10 heteroatoms. The fraction of sp³-hybridized carbons (Fsp3) is 0.167. The summed E-state index contributed by atoms with van der Waals surface area (Å²) in [4.78, 5) is 44.1. The lowest BCUT2D eigenvalue weighted by Gasteiger charge is -2.23. The van der Waals surface area contributed by atoms with Crippen LogP contribution in [0.3, 0.4) is 0 Å². The number of esters is 1. The lowest BCUT2D eigenvalue weighted by atomic mass is 9.95. The number of anilines is 1. The van der Waals surface area contributed by atoms with Crippen LogP contribution in [0.25, 0.3) is 5.76 Å². The van der Waals surface area contributed by atoms with E-state index < -0.39 is 35.3 Å². The number of nitrogens with zero attached hydrogens (tertiary/aromatic N) is 2. The van der Waals surface area contributed by atoms with Gasteiger partial charge in [-0.05, 0) is 48.9 Å². The molecule has 0 bridgehead atoms. The molecule has 0 saturated carbocycles. The van der Waals surface area contributed by atoms with Crippen molar-refractivity contribution in [2.45, 2.75) is 13.0 Å². The second-order valence-electron chi connectivity index (χ2n) is 7.35. The van der Waals surface area contributed by atoms with Crippen molar-refractivity contribution in [1.82, 2.24) is 4.98 Å². The second kappa shape index (κ2) is 9.06. The third kappa shape index (κ3) is 3.92. The number of aliphatic hydroxyl groups is 1. The molecule has 1 fully saturated rings. The van der Waals surface area contributed by atoms with E-state index in [1.54, 1.807) is 31.2 Å². The number of thiazole rings is 1. The molecule has 1 amide bonds. The zero-order chi connectivity index (χ0) is 24.6. The molecule has 1 N–H and O–H groups in total. The van der Waals surface area contributed by atoms with Crippen LogP contribution in [-0.4, -0.2) is 42.0 Å². The highest BCUT2D eigenvalue weighted by Gasteiger charge is 2.48. The van der Waals surface area contributed by atoms with Crippen LogP contribution < -0.4 is 9.64 Å². The Morgan fingerprint density at radius 1 is 1.09 bits per heavy atom. The molecule has 4 rings (SSSR count). The van der Waals surface area contributed by atoms with Gasteiger partial charge in [-0.15, -0.1) is 0 Å². The van der Waals surface area contributed by atoms with Gasteiger partial charge in [0.05, 0.1) is 31.5 Å². The van der Waals surface area contributed by atoms with Gasteiger partial charge in [0.25, 0.3) is 5.78 Å². The van der Waals surface area contributed by atoms with Crippen molar-refractivity contribution in [1.29, 1.82) is 0 Å². The fourth-order valence-corrected chi connectivity index (χ4v) is 4.67. The maximum absolute atomic E-state index is 13.4. The Morgan fingerprint density at radius 2 is 1.74 bits per heavy atom. The molecule has 2 aromatic carbocycles. The average Bonchev–Trinajstić information content (AvgIpc) is 3.35. The molecule has 0 radical (unpaired) electrons. The van der Waals surface area contributed by atoms with Crippen LogP contribution >= 0.6 is 11.3 Å². The maximum atomic E-state index is 13.4. The van der Waals surface area contributed by atoms with Gasteiger partial charge in [-0.3, -0.25) is 14.5 Å². The minimum atomic E-state index is -1.05. The van der Waals surface area contributed by atoms with Gasteiger partial charge in [0, 0.05) is 5.56 Å². The Labute approximate surface area is 197 Å². The number of aryl methyl sites for hydroxylation is 1. The van der Waals surface area contributed by atoms with Gasteiger partial charge in [0.15, 0.2) is 5.13 Å². The van der Waals surface area contributed by atoms with Gasteiger partial charge in [-0.2, -0.15) is 0 Å². The number of ether oxygens (including phenoxy) is 2. The number of aliphatic hydroxyl groups excluding tert-OH is 1. The van der Waals surface area contributed by atoms with Crippen LogP contribution in [0.4, 0.5) is 9.52 Å². The predicted molar refractivity (Wildman–Crippen MR) is 122 cm³/mol. The first-order valence-electron chi connectivity index (χ1n) is 10.0. The van der Waals surface area contributed by atoms with Gasteiger partial charge in [-0.1, -0.05) is 23.5 Å². The number of halogens is 1. The molecule has 0 aliphatic carbocycles. The molecule has 1 saturated heterocycles. The summed E-state index contributed by atoms with van der Waals surface area (Å²) >= 11 is 0.902. The summed E-state index contributed by atoms with van der Waals surface area (Å²) in [6, 6.07) is 10.5. The average molecular weight is 482 g/mol. The minimum absolute atomic E-state index is 0.0963. The van der Waals surface area contributed by atoms with Gasteiger partial charge >= 0.3 is 11.9 Å². The second-order valence-corrected chi connectivity index (χ2v) is 8.33. The Morgan fingerprint density at radius 3 is 2.32 bits per heavy atom. The van der Waals surface area contributed by atoms with Crippen LogP contribution in [0.15, 0.2) is 54.1 Å². The molecule has 8 nitrogen and oxygen atoms in total. The van der Waals surface area contributed by atoms with Crippen molar-refractivity contribution in [2.75, 3.05) is 19.1 Å². The van der Waals surface area contributed by atoms with E-state index in [0.29, 0.717) is 17.0 Å². The third-order valence-electron chi connectivity index (χ3n) is 5.36. The summed E-state index contributed by atoms with van der Waals surface area (Å²) in [5.74, 6) is -2.90. The van der Waals surface area contributed by atoms with Crippen molar-refractivity contribution in [2.24, 2.45) is 0 Å². The third-order valence-corrected chi connectivity index (χ3v) is 6.49. The molecule has 34 heavy (non-hydrogen) atoms. The number of ketones is 1. The van der Waals surface area contributed by atoms with Crippen LogP contribution in [0.5, 0.6) is 5.75 Å². The highest BCUT2D eigenvalue weighted by atomic mass is 32.1. The molecule has 1 unspecified atom stereocenters. The van der Waals surface area contributed by atoms with E-state index in [9.17, 15) is 23.9 Å². The molecule has 1 aliphatic rings. The largest absolute Gasteiger partial charge is 0.507 e. The lowest BCUT2D eigenvalue weighted by Crippen LogP contribution is -2.29. The summed E-state index contributed by atoms with van der Waals surface area (Å²) < 4.78 is 23.4. The van der Waals surface area contributed by atoms with Crippen LogP contribution in [0.2, 0.25) is 0 Å². The SMILES string of the molecule is COC(=O)c1sc(N2C(=O)C(=O)/C(=C(/O)c3ccc(F)cc3)C2c2ccc(OC)cc2)nc1C. The number of carbonyl (C=O) groups is 3. The van der Waals surface area contributed by atoms with Crippen molar-refractivity contribution in [3.05, 3.63) is 81.6 Å². The fourth-order valence-electron chi connectivity index (χ4n) is 3.66. The number of hydrogen-bond donors (Lipinski definition) is 1. The number of methoxy groups -OCH3 is 2. The Bertz CT molecular complexity index is 1310. The number of carbonyl (C=O) groups excluding carboxylic acids is 3. The molecule has 1 aliphatic heterocycles. The number of rotatable bonds is 5. The van der Waals surface area contributed by atoms with Crippen LogP contribution in [0, 0.1) is 12.7 Å². The first kappa shape index (κ1) is 23.1. The number of benzene rings is 2. The number of amides is 1. The van der Waals surface area contributed by atoms with Gasteiger partial charge in [0.2, 0.25) is 0 Å². The Balaban J connectivity index is 1.92. The van der Waals surface area contributed by atoms with Crippen molar-refractivity contribution in [3.63, 3.8) is 0 Å². The van der Waals surface area contributed by atoms with Crippen molar-refractivity contribution < 1.29 is 33.4 Å². The van der Waals surface area contributed by atoms with Gasteiger partial charge in [0.1, 0.15) is 22.2 Å². The van der Waals surface area contributed by atoms with Gasteiger partial charge < -0.3 is 14.6 Å². The van der Waals surface area contributed by atoms with E-state index in [-0.39, 0.29) is 21.1 Å². The molecule has 3 aromatic rings. The Hall–Kier alpha value is -4.05. The standard InChI is InChI=1S/C24H19FN2O6S/c1-12-21(23(31)33-3)34-24(26-12)27-18(13-6-10-16(32-2)11-7-13)17(20(29)22(27)30)19(28)14-4-8-15(25)9-5-14/h4-11,18,28H,1-3H3/b19-17+. The Kier molecular flexibility index (Phi) is 6.16. The number of aromatic nitrogens is 1. The smallest absolute Gasteiger partial charge is 0.350 e. The summed E-state index contributed by atoms with van der Waals surface area (Å²) in [7, 11) is 2.73. The monoisotopic (exact) mass is 482 g/mol. The highest BCUT2D eigenvalue weighted by Crippen LogP contribution is 2.44. The summed E-state index contributed by atoms with van der Waals surface area (Å²) in [5.41, 5.74) is 0.814. The van der Waals surface area contributed by atoms with Crippen LogP contribution in [0.1, 0.15) is 32.5 Å². The minimum Gasteiger partial charge on any atom is -0.507 e. The molecule has 174 valence electrons.